The monoisotopic (exact) mass is 384 g/mol. The second kappa shape index (κ2) is 6.32. The molecule has 6 nitrogen and oxygen atoms in total. The van der Waals surface area contributed by atoms with E-state index in [1.54, 1.807) is 13.8 Å². The van der Waals surface area contributed by atoms with Gasteiger partial charge >= 0.3 is 5.97 Å². The highest BCUT2D eigenvalue weighted by atomic mass is 79.9. The molecule has 2 aliphatic heterocycles. The van der Waals surface area contributed by atoms with E-state index in [2.05, 4.69) is 15.9 Å². The van der Waals surface area contributed by atoms with Gasteiger partial charge in [0, 0.05) is 4.47 Å². The summed E-state index contributed by atoms with van der Waals surface area (Å²) in [7, 11) is 0. The number of Topliss-reactive ketones (excluding diaryl/α,β-unsaturated/α-hetero) is 1. The minimum absolute atomic E-state index is 0.202. The highest BCUT2D eigenvalue weighted by Gasteiger charge is 2.52. The lowest BCUT2D eigenvalue weighted by Gasteiger charge is -2.23. The number of ketones is 1. The molecule has 3 rings (SSSR count). The van der Waals surface area contributed by atoms with Gasteiger partial charge < -0.3 is 18.9 Å². The fraction of sp³-hybridized carbons (Fsp3) is 0.500. The molecular formula is C16H17BrO6. The number of halogens is 1. The predicted octanol–water partition coefficient (Wildman–Crippen LogP) is 1.98. The average Bonchev–Trinajstić information content (AvgIpc) is 3.00. The van der Waals surface area contributed by atoms with Gasteiger partial charge in [0.1, 0.15) is 6.10 Å². The van der Waals surface area contributed by atoms with Crippen molar-refractivity contribution in [3.63, 3.8) is 0 Å². The Balaban J connectivity index is 1.68. The Morgan fingerprint density at radius 1 is 1.26 bits per heavy atom. The lowest BCUT2D eigenvalue weighted by atomic mass is 10.1. The normalized spacial score (nSPS) is 29.8. The molecule has 0 amide bonds. The van der Waals surface area contributed by atoms with Crippen molar-refractivity contribution >= 4 is 27.7 Å². The number of esters is 1. The number of rotatable bonds is 4. The number of ether oxygens (including phenoxy) is 4. The largest absolute Gasteiger partial charge is 0.450 e. The number of hydrogen-bond donors (Lipinski definition) is 0. The van der Waals surface area contributed by atoms with Crippen LogP contribution in [0.25, 0.3) is 0 Å². The van der Waals surface area contributed by atoms with E-state index in [0.717, 1.165) is 10.0 Å². The van der Waals surface area contributed by atoms with Crippen molar-refractivity contribution in [1.82, 2.24) is 0 Å². The topological polar surface area (TPSA) is 71.1 Å². The number of hydrogen-bond acceptors (Lipinski definition) is 6. The van der Waals surface area contributed by atoms with Crippen LogP contribution < -0.4 is 0 Å². The maximum absolute atomic E-state index is 12.0. The molecule has 2 fully saturated rings. The van der Waals surface area contributed by atoms with Gasteiger partial charge in [0.15, 0.2) is 18.0 Å². The molecule has 124 valence electrons. The van der Waals surface area contributed by atoms with Gasteiger partial charge in [-0.1, -0.05) is 28.1 Å². The second-order valence-corrected chi connectivity index (χ2v) is 6.88. The summed E-state index contributed by atoms with van der Waals surface area (Å²) in [4.78, 5) is 23.6. The van der Waals surface area contributed by atoms with Crippen LogP contribution in [-0.2, 0) is 35.1 Å². The van der Waals surface area contributed by atoms with Gasteiger partial charge in [-0.2, -0.15) is 0 Å². The van der Waals surface area contributed by atoms with E-state index < -0.39 is 35.9 Å². The van der Waals surface area contributed by atoms with Crippen molar-refractivity contribution in [3.05, 3.63) is 34.3 Å². The smallest absolute Gasteiger partial charge is 0.378 e. The summed E-state index contributed by atoms with van der Waals surface area (Å²) in [6.45, 7) is 3.98. The number of cyclic esters (lactones) is 1. The number of carbonyl (C=O) groups is 2. The summed E-state index contributed by atoms with van der Waals surface area (Å²) >= 11 is 3.36. The third-order valence-corrected chi connectivity index (χ3v) is 4.27. The van der Waals surface area contributed by atoms with Crippen molar-refractivity contribution in [2.45, 2.75) is 44.6 Å². The Morgan fingerprint density at radius 3 is 2.57 bits per heavy atom. The molecular weight excluding hydrogens is 368 g/mol. The van der Waals surface area contributed by atoms with Gasteiger partial charge in [0.25, 0.3) is 5.78 Å². The zero-order valence-electron chi connectivity index (χ0n) is 12.8. The van der Waals surface area contributed by atoms with E-state index in [1.807, 2.05) is 24.3 Å². The van der Waals surface area contributed by atoms with Gasteiger partial charge in [-0.05, 0) is 31.5 Å². The molecule has 0 aliphatic carbocycles. The fourth-order valence-corrected chi connectivity index (χ4v) is 2.86. The lowest BCUT2D eigenvalue weighted by Crippen LogP contribution is -2.41. The molecule has 7 heteroatoms. The Morgan fingerprint density at radius 2 is 1.96 bits per heavy atom. The van der Waals surface area contributed by atoms with E-state index in [1.165, 1.54) is 0 Å². The Labute approximate surface area is 142 Å². The molecule has 2 saturated heterocycles. The van der Waals surface area contributed by atoms with Crippen LogP contribution in [0.1, 0.15) is 19.4 Å². The summed E-state index contributed by atoms with van der Waals surface area (Å²) in [5, 5.41) is 0. The Kier molecular flexibility index (Phi) is 4.55. The molecule has 0 unspecified atom stereocenters. The summed E-state index contributed by atoms with van der Waals surface area (Å²) in [6.07, 6.45) is -2.28. The minimum atomic E-state index is -0.978. The van der Waals surface area contributed by atoms with Crippen LogP contribution in [0.2, 0.25) is 0 Å². The maximum atomic E-state index is 12.0. The highest BCUT2D eigenvalue weighted by Crippen LogP contribution is 2.30. The summed E-state index contributed by atoms with van der Waals surface area (Å²) in [5.41, 5.74) is 0.892. The van der Waals surface area contributed by atoms with Crippen LogP contribution >= 0.6 is 15.9 Å². The fourth-order valence-electron chi connectivity index (χ4n) is 2.59. The van der Waals surface area contributed by atoms with E-state index in [4.69, 9.17) is 18.9 Å². The zero-order chi connectivity index (χ0) is 16.6. The molecule has 2 heterocycles. The van der Waals surface area contributed by atoms with Gasteiger partial charge in [0.05, 0.1) is 13.2 Å². The minimum Gasteiger partial charge on any atom is -0.450 e. The second-order valence-electron chi connectivity index (χ2n) is 5.96. The first kappa shape index (κ1) is 16.6. The summed E-state index contributed by atoms with van der Waals surface area (Å²) in [5.74, 6) is -2.33. The van der Waals surface area contributed by atoms with Gasteiger partial charge in [-0.3, -0.25) is 4.79 Å². The first-order chi connectivity index (χ1) is 10.9. The van der Waals surface area contributed by atoms with Gasteiger partial charge in [-0.15, -0.1) is 0 Å². The Hall–Kier alpha value is -1.28. The molecule has 0 spiro atoms. The quantitative estimate of drug-likeness (QED) is 0.583. The average molecular weight is 385 g/mol. The first-order valence-electron chi connectivity index (χ1n) is 7.28. The third kappa shape index (κ3) is 3.63. The van der Waals surface area contributed by atoms with E-state index in [-0.39, 0.29) is 13.2 Å². The SMILES string of the molecule is CC1(C)OC[C@@H]([C@H]2OC(=O)C(=O)[C@@H]2OCc2ccc(Br)cc2)O1. The standard InChI is InChI=1S/C16H17BrO6/c1-16(2)21-8-11(23-16)13-14(12(18)15(19)22-13)20-7-9-3-5-10(17)6-4-9/h3-6,11,13-14H,7-8H2,1-2H3/t11-,13+,14-/m0/s1. The highest BCUT2D eigenvalue weighted by molar-refractivity contribution is 9.10. The van der Waals surface area contributed by atoms with Crippen molar-refractivity contribution in [1.29, 1.82) is 0 Å². The van der Waals surface area contributed by atoms with Crippen LogP contribution in [0.15, 0.2) is 28.7 Å². The lowest BCUT2D eigenvalue weighted by molar-refractivity contribution is -0.168. The van der Waals surface area contributed by atoms with Crippen LogP contribution in [0.5, 0.6) is 0 Å². The molecule has 0 saturated carbocycles. The van der Waals surface area contributed by atoms with Crippen LogP contribution in [-0.4, -0.2) is 42.5 Å². The zero-order valence-corrected chi connectivity index (χ0v) is 14.4. The van der Waals surface area contributed by atoms with Gasteiger partial charge in [-0.25, -0.2) is 4.79 Å². The maximum Gasteiger partial charge on any atom is 0.378 e. The summed E-state index contributed by atoms with van der Waals surface area (Å²) < 4.78 is 22.9. The van der Waals surface area contributed by atoms with Crippen molar-refractivity contribution in [2.24, 2.45) is 0 Å². The molecule has 3 atom stereocenters. The number of benzene rings is 1. The van der Waals surface area contributed by atoms with Crippen LogP contribution in [0, 0.1) is 0 Å². The molecule has 0 N–H and O–H groups in total. The molecule has 2 aliphatic rings. The Bertz CT molecular complexity index is 612. The van der Waals surface area contributed by atoms with Crippen LogP contribution in [0.3, 0.4) is 0 Å². The van der Waals surface area contributed by atoms with E-state index in [9.17, 15) is 9.59 Å². The van der Waals surface area contributed by atoms with E-state index in [0.29, 0.717) is 0 Å². The van der Waals surface area contributed by atoms with E-state index >= 15 is 0 Å². The van der Waals surface area contributed by atoms with Crippen LogP contribution in [0.4, 0.5) is 0 Å². The number of carbonyl (C=O) groups excluding carboxylic acids is 2. The first-order valence-corrected chi connectivity index (χ1v) is 8.08. The molecule has 1 aromatic carbocycles. The predicted molar refractivity (Wildman–Crippen MR) is 82.5 cm³/mol. The molecule has 0 radical (unpaired) electrons. The van der Waals surface area contributed by atoms with Crippen molar-refractivity contribution in [2.75, 3.05) is 6.61 Å². The molecule has 0 aromatic heterocycles. The molecule has 0 bridgehead atoms. The molecule has 23 heavy (non-hydrogen) atoms. The van der Waals surface area contributed by atoms with Crippen molar-refractivity contribution < 1.29 is 28.5 Å². The van der Waals surface area contributed by atoms with Crippen molar-refractivity contribution in [3.8, 4) is 0 Å². The summed E-state index contributed by atoms with van der Waals surface area (Å²) in [6, 6.07) is 7.51. The third-order valence-electron chi connectivity index (χ3n) is 3.74. The van der Waals surface area contributed by atoms with Gasteiger partial charge in [0.2, 0.25) is 0 Å². The molecule has 1 aromatic rings.